The molecule has 0 unspecified atom stereocenters. The smallest absolute Gasteiger partial charge is 0.410 e. The number of aldehydes is 1. The summed E-state index contributed by atoms with van der Waals surface area (Å²) < 4.78 is 16.3. The van der Waals surface area contributed by atoms with Crippen molar-refractivity contribution < 1.29 is 53.2 Å². The minimum absolute atomic E-state index is 0.0311. The molecule has 4 aromatic rings. The van der Waals surface area contributed by atoms with Crippen LogP contribution in [-0.2, 0) is 28.6 Å². The maximum Gasteiger partial charge on any atom is 0.410 e. The van der Waals surface area contributed by atoms with Gasteiger partial charge in [-0.3, -0.25) is 9.59 Å². The van der Waals surface area contributed by atoms with Crippen molar-refractivity contribution in [3.05, 3.63) is 119 Å². The Kier molecular flexibility index (Phi) is 19.5. The van der Waals surface area contributed by atoms with Gasteiger partial charge in [0.05, 0.1) is 11.8 Å². The summed E-state index contributed by atoms with van der Waals surface area (Å²) in [4.78, 5) is 69.3. The Morgan fingerprint density at radius 3 is 1.40 bits per heavy atom. The number of carboxylic acids is 2. The first-order valence-electron chi connectivity index (χ1n) is 21.8. The molecule has 0 fully saturated rings. The highest BCUT2D eigenvalue weighted by Gasteiger charge is 2.31. The molecule has 15 nitrogen and oxygen atoms in total. The SMILES string of the molecule is CCC=O.C[C@@H](CN(CCNC(=O)OCC1c2ccccc2-c2ccccc21)C(=O)OC(C)(C)C)C(=O)O.C[C@@H](CNCCNC(=O)OCC1c2ccccc2-c2ccccc21)C(=O)O. The quantitative estimate of drug-likeness (QED) is 0.0389. The molecule has 348 valence electrons. The molecule has 0 radical (unpaired) electrons. The van der Waals surface area contributed by atoms with Crippen LogP contribution in [0, 0.1) is 11.8 Å². The molecule has 0 heterocycles. The molecular weight excluding hydrogens is 833 g/mol. The van der Waals surface area contributed by atoms with E-state index in [1.165, 1.54) is 34.1 Å². The fourth-order valence-corrected chi connectivity index (χ4v) is 7.24. The second kappa shape index (κ2) is 24.9. The van der Waals surface area contributed by atoms with E-state index in [1.54, 1.807) is 27.7 Å². The van der Waals surface area contributed by atoms with Gasteiger partial charge >= 0.3 is 30.2 Å². The van der Waals surface area contributed by atoms with Crippen LogP contribution >= 0.6 is 0 Å². The van der Waals surface area contributed by atoms with E-state index in [1.807, 2.05) is 67.6 Å². The number of nitrogens with one attached hydrogen (secondary N) is 3. The topological polar surface area (TPSA) is 210 Å². The monoisotopic (exact) mass is 894 g/mol. The molecule has 2 atom stereocenters. The van der Waals surface area contributed by atoms with Crippen LogP contribution in [0.15, 0.2) is 97.1 Å². The van der Waals surface area contributed by atoms with Gasteiger partial charge in [0.15, 0.2) is 0 Å². The summed E-state index contributed by atoms with van der Waals surface area (Å²) in [6.07, 6.45) is -0.183. The summed E-state index contributed by atoms with van der Waals surface area (Å²) in [6.45, 7) is 12.0. The van der Waals surface area contributed by atoms with Crippen LogP contribution in [0.25, 0.3) is 22.3 Å². The standard InChI is InChI=1S/C26H32N2O6.C21H24N2O4.C3H6O/c1-17(23(29)30)15-28(25(32)34-26(2,3)4)14-13-27-24(31)33-16-22-20-11-7-5-9-18(20)19-10-6-8-12-21(19)22;1-14(20(24)25)12-22-10-11-23-21(26)27-13-19-17-8-4-2-6-15(17)16-7-3-5-9-18(16)19;1-2-3-4/h5-12,17,22H,13-16H2,1-4H3,(H,27,31)(H,29,30);2-9,14,19,22H,10-13H2,1H3,(H,23,26)(H,24,25);3H,2H2,1H3/t17-;14-;/m00./s1. The molecule has 2 aliphatic carbocycles. The van der Waals surface area contributed by atoms with Crippen LogP contribution in [0.5, 0.6) is 0 Å². The average molecular weight is 895 g/mol. The zero-order valence-corrected chi connectivity index (χ0v) is 38.0. The number of amides is 3. The maximum absolute atomic E-state index is 12.5. The fourth-order valence-electron chi connectivity index (χ4n) is 7.24. The molecule has 4 aromatic carbocycles. The summed E-state index contributed by atoms with van der Waals surface area (Å²) in [6, 6.07) is 32.5. The van der Waals surface area contributed by atoms with Crippen molar-refractivity contribution >= 4 is 36.5 Å². The van der Waals surface area contributed by atoms with Crippen LogP contribution in [-0.4, -0.2) is 110 Å². The summed E-state index contributed by atoms with van der Waals surface area (Å²) in [5, 5.41) is 26.3. The second-order valence-corrected chi connectivity index (χ2v) is 16.7. The Labute approximate surface area is 380 Å². The van der Waals surface area contributed by atoms with Gasteiger partial charge < -0.3 is 50.1 Å². The van der Waals surface area contributed by atoms with Gasteiger partial charge in [-0.05, 0) is 65.3 Å². The zero-order chi connectivity index (χ0) is 47.5. The second-order valence-electron chi connectivity index (χ2n) is 16.7. The summed E-state index contributed by atoms with van der Waals surface area (Å²) >= 11 is 0. The number of carboxylic acid groups (broad SMARTS) is 2. The maximum atomic E-state index is 12.5. The average Bonchev–Trinajstić information content (AvgIpc) is 3.78. The normalized spacial score (nSPS) is 13.0. The van der Waals surface area contributed by atoms with Crippen molar-refractivity contribution in [3.8, 4) is 22.3 Å². The number of nitrogens with zero attached hydrogens (tertiary/aromatic N) is 1. The number of fused-ring (bicyclic) bond motifs is 6. The van der Waals surface area contributed by atoms with Gasteiger partial charge in [-0.15, -0.1) is 0 Å². The van der Waals surface area contributed by atoms with Crippen LogP contribution in [0.2, 0.25) is 0 Å². The lowest BCUT2D eigenvalue weighted by Crippen LogP contribution is -2.44. The molecule has 5 N–H and O–H groups in total. The van der Waals surface area contributed by atoms with Crippen molar-refractivity contribution in [2.24, 2.45) is 11.8 Å². The molecule has 65 heavy (non-hydrogen) atoms. The summed E-state index contributed by atoms with van der Waals surface area (Å²) in [7, 11) is 0. The fraction of sp³-hybridized carbons (Fsp3) is 0.400. The highest BCUT2D eigenvalue weighted by molar-refractivity contribution is 5.80. The minimum Gasteiger partial charge on any atom is -0.481 e. The van der Waals surface area contributed by atoms with E-state index in [-0.39, 0.29) is 44.7 Å². The third kappa shape index (κ3) is 15.2. The Balaban J connectivity index is 0.000000268. The van der Waals surface area contributed by atoms with Crippen molar-refractivity contribution in [2.75, 3.05) is 52.5 Å². The van der Waals surface area contributed by atoms with E-state index in [4.69, 9.17) is 19.3 Å². The van der Waals surface area contributed by atoms with Gasteiger partial charge in [0.25, 0.3) is 0 Å². The molecule has 0 aromatic heterocycles. The third-order valence-electron chi connectivity index (χ3n) is 10.5. The molecule has 0 bridgehead atoms. The lowest BCUT2D eigenvalue weighted by Gasteiger charge is -2.28. The summed E-state index contributed by atoms with van der Waals surface area (Å²) in [5.41, 5.74) is 8.55. The third-order valence-corrected chi connectivity index (χ3v) is 10.5. The van der Waals surface area contributed by atoms with E-state index >= 15 is 0 Å². The first-order valence-corrected chi connectivity index (χ1v) is 21.8. The number of carbonyl (C=O) groups is 6. The zero-order valence-electron chi connectivity index (χ0n) is 38.0. The van der Waals surface area contributed by atoms with Gasteiger partial charge in [-0.1, -0.05) is 118 Å². The van der Waals surface area contributed by atoms with Crippen molar-refractivity contribution in [1.29, 1.82) is 0 Å². The Bertz CT molecular complexity index is 2150. The van der Waals surface area contributed by atoms with Gasteiger partial charge in [-0.2, -0.15) is 0 Å². The number of ether oxygens (including phenoxy) is 3. The lowest BCUT2D eigenvalue weighted by molar-refractivity contribution is -0.142. The van der Waals surface area contributed by atoms with Gasteiger partial charge in [0.1, 0.15) is 25.1 Å². The highest BCUT2D eigenvalue weighted by Crippen LogP contribution is 2.45. The largest absolute Gasteiger partial charge is 0.481 e. The highest BCUT2D eigenvalue weighted by atomic mass is 16.6. The molecule has 6 rings (SSSR count). The van der Waals surface area contributed by atoms with Crippen LogP contribution in [0.3, 0.4) is 0 Å². The van der Waals surface area contributed by atoms with E-state index < -0.39 is 47.7 Å². The van der Waals surface area contributed by atoms with Gasteiger partial charge in [0.2, 0.25) is 0 Å². The van der Waals surface area contributed by atoms with E-state index in [0.29, 0.717) is 26.1 Å². The Morgan fingerprint density at radius 2 is 1.03 bits per heavy atom. The van der Waals surface area contributed by atoms with Crippen LogP contribution in [0.4, 0.5) is 14.4 Å². The number of rotatable bonds is 17. The molecule has 2 aliphatic rings. The molecule has 0 saturated carbocycles. The molecule has 3 amide bonds. The number of hydrogen-bond acceptors (Lipinski definition) is 10. The summed E-state index contributed by atoms with van der Waals surface area (Å²) in [5.74, 6) is -3.10. The molecule has 0 saturated heterocycles. The molecule has 0 spiro atoms. The number of carbonyl (C=O) groups excluding carboxylic acids is 4. The Hall–Kier alpha value is -6.74. The van der Waals surface area contributed by atoms with Crippen LogP contribution in [0.1, 0.15) is 82.1 Å². The van der Waals surface area contributed by atoms with E-state index in [0.717, 1.165) is 28.5 Å². The minimum atomic E-state index is -1.02. The van der Waals surface area contributed by atoms with E-state index in [2.05, 4.69) is 52.3 Å². The predicted octanol–water partition coefficient (Wildman–Crippen LogP) is 7.91. The molecule has 15 heteroatoms. The number of hydrogen-bond donors (Lipinski definition) is 5. The predicted molar refractivity (Wildman–Crippen MR) is 247 cm³/mol. The number of alkyl carbamates (subject to hydrolysis) is 2. The van der Waals surface area contributed by atoms with Gasteiger partial charge in [-0.25, -0.2) is 14.4 Å². The first kappa shape index (κ1) is 50.9. The van der Waals surface area contributed by atoms with E-state index in [9.17, 15) is 33.9 Å². The van der Waals surface area contributed by atoms with Gasteiger partial charge in [0, 0.05) is 57.5 Å². The number of benzene rings is 4. The molecule has 0 aliphatic heterocycles. The van der Waals surface area contributed by atoms with Crippen LogP contribution < -0.4 is 16.0 Å². The van der Waals surface area contributed by atoms with Crippen molar-refractivity contribution in [3.63, 3.8) is 0 Å². The number of aliphatic carboxylic acids is 2. The lowest BCUT2D eigenvalue weighted by atomic mass is 9.98. The molecular formula is C50H62N4O11. The Morgan fingerprint density at radius 1 is 0.646 bits per heavy atom. The first-order chi connectivity index (χ1) is 31.1. The van der Waals surface area contributed by atoms with Crippen molar-refractivity contribution in [1.82, 2.24) is 20.9 Å². The van der Waals surface area contributed by atoms with Crippen molar-refractivity contribution in [2.45, 2.75) is 65.4 Å².